The minimum Gasteiger partial charge on any atom is -0.207 e. The Morgan fingerprint density at radius 1 is 1.44 bits per heavy atom. The van der Waals surface area contributed by atoms with Crippen LogP contribution in [0.2, 0.25) is 0 Å². The molecule has 1 aromatic carbocycles. The van der Waals surface area contributed by atoms with Crippen LogP contribution in [0.1, 0.15) is 12.0 Å². The zero-order valence-corrected chi connectivity index (χ0v) is 10.1. The quantitative estimate of drug-likeness (QED) is 0.593. The maximum Gasteiger partial charge on any atom is 0.243 e. The topological polar surface area (TPSA) is 37.1 Å². The lowest BCUT2D eigenvalue weighted by molar-refractivity contribution is 0.552. The highest BCUT2D eigenvalue weighted by atomic mass is 32.2. The third kappa shape index (κ3) is 2.03. The fraction of sp³-hybridized carbons (Fsp3) is 0.333. The van der Waals surface area contributed by atoms with E-state index in [2.05, 4.69) is 6.58 Å². The zero-order chi connectivity index (χ0) is 11.8. The first kappa shape index (κ1) is 11.4. The van der Waals surface area contributed by atoms with Gasteiger partial charge in [-0.1, -0.05) is 23.8 Å². The first-order valence-corrected chi connectivity index (χ1v) is 6.69. The highest BCUT2D eigenvalue weighted by Gasteiger charge is 2.43. The van der Waals surface area contributed by atoms with Crippen LogP contribution in [0.15, 0.2) is 41.8 Å². The SMILES string of the molecule is C=CC[C@@H]1CN1S(=O)(=O)c1ccc(C)cc1. The van der Waals surface area contributed by atoms with Crippen molar-refractivity contribution in [3.05, 3.63) is 42.5 Å². The van der Waals surface area contributed by atoms with E-state index in [9.17, 15) is 8.42 Å². The molecule has 16 heavy (non-hydrogen) atoms. The Bertz CT molecular complexity index is 490. The molecule has 0 saturated carbocycles. The van der Waals surface area contributed by atoms with Crippen molar-refractivity contribution in [2.24, 2.45) is 0 Å². The molecule has 1 fully saturated rings. The van der Waals surface area contributed by atoms with Crippen molar-refractivity contribution in [2.75, 3.05) is 6.54 Å². The second-order valence-corrected chi connectivity index (χ2v) is 5.96. The van der Waals surface area contributed by atoms with Gasteiger partial charge < -0.3 is 0 Å². The fourth-order valence-electron chi connectivity index (χ4n) is 1.69. The van der Waals surface area contributed by atoms with Gasteiger partial charge in [0.25, 0.3) is 0 Å². The van der Waals surface area contributed by atoms with E-state index in [0.717, 1.165) is 12.0 Å². The molecule has 2 rings (SSSR count). The van der Waals surface area contributed by atoms with E-state index in [-0.39, 0.29) is 6.04 Å². The third-order valence-corrected chi connectivity index (χ3v) is 4.66. The van der Waals surface area contributed by atoms with Gasteiger partial charge in [-0.25, -0.2) is 8.42 Å². The Morgan fingerprint density at radius 3 is 2.62 bits per heavy atom. The molecule has 1 aromatic rings. The molecule has 0 bridgehead atoms. The van der Waals surface area contributed by atoms with Crippen LogP contribution >= 0.6 is 0 Å². The molecule has 86 valence electrons. The van der Waals surface area contributed by atoms with Crippen LogP contribution in [0.4, 0.5) is 0 Å². The van der Waals surface area contributed by atoms with E-state index < -0.39 is 10.0 Å². The number of hydrogen-bond donors (Lipinski definition) is 0. The van der Waals surface area contributed by atoms with E-state index in [4.69, 9.17) is 0 Å². The van der Waals surface area contributed by atoms with E-state index in [1.54, 1.807) is 18.2 Å². The van der Waals surface area contributed by atoms with Crippen molar-refractivity contribution < 1.29 is 8.42 Å². The molecule has 0 aromatic heterocycles. The number of aryl methyl sites for hydroxylation is 1. The summed E-state index contributed by atoms with van der Waals surface area (Å²) in [5.74, 6) is 0. The molecule has 1 heterocycles. The zero-order valence-electron chi connectivity index (χ0n) is 9.26. The third-order valence-electron chi connectivity index (χ3n) is 2.73. The molecule has 0 aliphatic carbocycles. The lowest BCUT2D eigenvalue weighted by Crippen LogP contribution is -2.14. The maximum atomic E-state index is 12.1. The van der Waals surface area contributed by atoms with Crippen molar-refractivity contribution in [2.45, 2.75) is 24.3 Å². The van der Waals surface area contributed by atoms with E-state index in [1.807, 2.05) is 19.1 Å². The minimum atomic E-state index is -3.27. The number of hydrogen-bond acceptors (Lipinski definition) is 2. The van der Waals surface area contributed by atoms with Gasteiger partial charge >= 0.3 is 0 Å². The molecular formula is C12H15NO2S. The summed E-state index contributed by atoms with van der Waals surface area (Å²) >= 11 is 0. The molecule has 0 amide bonds. The van der Waals surface area contributed by atoms with Gasteiger partial charge in [0, 0.05) is 12.6 Å². The Labute approximate surface area is 96.4 Å². The standard InChI is InChI=1S/C12H15NO2S/c1-3-4-11-9-13(11)16(14,15)12-7-5-10(2)6-8-12/h3,5-8,11H,1,4,9H2,2H3/t11-,13?/m1/s1. The summed E-state index contributed by atoms with van der Waals surface area (Å²) in [6, 6.07) is 7.07. The van der Waals surface area contributed by atoms with Crippen LogP contribution in [0.5, 0.6) is 0 Å². The average Bonchev–Trinajstić information content (AvgIpc) is 2.99. The van der Waals surface area contributed by atoms with Gasteiger partial charge in [-0.3, -0.25) is 0 Å². The maximum absolute atomic E-state index is 12.1. The lowest BCUT2D eigenvalue weighted by atomic mass is 10.2. The summed E-state index contributed by atoms with van der Waals surface area (Å²) < 4.78 is 25.7. The number of sulfonamides is 1. The molecule has 2 atom stereocenters. The molecule has 0 N–H and O–H groups in total. The van der Waals surface area contributed by atoms with Crippen molar-refractivity contribution in [3.63, 3.8) is 0 Å². The Balaban J connectivity index is 2.21. The smallest absolute Gasteiger partial charge is 0.207 e. The van der Waals surface area contributed by atoms with Crippen LogP contribution < -0.4 is 0 Å². The predicted octanol–water partition coefficient (Wildman–Crippen LogP) is 1.94. The minimum absolute atomic E-state index is 0.115. The Hall–Kier alpha value is -1.13. The summed E-state index contributed by atoms with van der Waals surface area (Å²) in [5, 5.41) is 0. The van der Waals surface area contributed by atoms with Gasteiger partial charge in [0.1, 0.15) is 0 Å². The lowest BCUT2D eigenvalue weighted by Gasteiger charge is -2.05. The summed E-state index contributed by atoms with van der Waals surface area (Å²) in [6.07, 6.45) is 2.49. The Kier molecular flexibility index (Phi) is 2.86. The first-order chi connectivity index (χ1) is 7.55. The van der Waals surface area contributed by atoms with Crippen LogP contribution in [0.25, 0.3) is 0 Å². The van der Waals surface area contributed by atoms with Gasteiger partial charge in [0.15, 0.2) is 0 Å². The second kappa shape index (κ2) is 4.03. The molecule has 1 aliphatic heterocycles. The van der Waals surface area contributed by atoms with Crippen molar-refractivity contribution in [3.8, 4) is 0 Å². The fourth-order valence-corrected chi connectivity index (χ4v) is 3.28. The molecule has 0 spiro atoms. The van der Waals surface area contributed by atoms with E-state index in [1.165, 1.54) is 4.31 Å². The predicted molar refractivity (Wildman–Crippen MR) is 63.7 cm³/mol. The largest absolute Gasteiger partial charge is 0.243 e. The number of rotatable bonds is 4. The van der Waals surface area contributed by atoms with Crippen LogP contribution in [-0.4, -0.2) is 25.3 Å². The highest BCUT2D eigenvalue weighted by molar-refractivity contribution is 7.89. The summed E-state index contributed by atoms with van der Waals surface area (Å²) in [6.45, 7) is 6.17. The van der Waals surface area contributed by atoms with Gasteiger partial charge in [-0.2, -0.15) is 4.31 Å². The van der Waals surface area contributed by atoms with Gasteiger partial charge in [0.2, 0.25) is 10.0 Å². The normalized spacial score (nSPS) is 24.1. The second-order valence-electron chi connectivity index (χ2n) is 4.07. The van der Waals surface area contributed by atoms with Crippen molar-refractivity contribution in [1.82, 2.24) is 4.31 Å². The Morgan fingerprint density at radius 2 is 2.06 bits per heavy atom. The first-order valence-electron chi connectivity index (χ1n) is 5.25. The van der Waals surface area contributed by atoms with Crippen LogP contribution in [0, 0.1) is 6.92 Å². The summed E-state index contributed by atoms with van der Waals surface area (Å²) in [7, 11) is -3.27. The van der Waals surface area contributed by atoms with E-state index >= 15 is 0 Å². The van der Waals surface area contributed by atoms with Gasteiger partial charge in [0.05, 0.1) is 4.90 Å². The summed E-state index contributed by atoms with van der Waals surface area (Å²) in [5.41, 5.74) is 1.06. The van der Waals surface area contributed by atoms with Crippen molar-refractivity contribution >= 4 is 10.0 Å². The van der Waals surface area contributed by atoms with Gasteiger partial charge in [-0.05, 0) is 25.5 Å². The molecule has 1 aliphatic rings. The molecule has 4 heteroatoms. The van der Waals surface area contributed by atoms with Crippen molar-refractivity contribution in [1.29, 1.82) is 0 Å². The molecule has 1 saturated heterocycles. The van der Waals surface area contributed by atoms with Gasteiger partial charge in [-0.15, -0.1) is 6.58 Å². The molecular weight excluding hydrogens is 222 g/mol. The number of benzene rings is 1. The monoisotopic (exact) mass is 237 g/mol. The van der Waals surface area contributed by atoms with E-state index in [0.29, 0.717) is 11.4 Å². The molecule has 0 radical (unpaired) electrons. The highest BCUT2D eigenvalue weighted by Crippen LogP contribution is 2.30. The molecule has 3 nitrogen and oxygen atoms in total. The van der Waals surface area contributed by atoms with Crippen LogP contribution in [0.3, 0.4) is 0 Å². The number of nitrogens with zero attached hydrogens (tertiary/aromatic N) is 1. The molecule has 1 unspecified atom stereocenters. The average molecular weight is 237 g/mol. The van der Waals surface area contributed by atoms with Crippen LogP contribution in [-0.2, 0) is 10.0 Å². The summed E-state index contributed by atoms with van der Waals surface area (Å²) in [4.78, 5) is 0.379.